The molecule has 2 aliphatic rings. The fraction of sp³-hybridized carbons (Fsp3) is 0.455. The summed E-state index contributed by atoms with van der Waals surface area (Å²) in [4.78, 5) is 33.6. The molecule has 1 atom stereocenters. The first-order valence-electron chi connectivity index (χ1n) is 10.1. The minimum Gasteiger partial charge on any atom is -0.369 e. The average molecular weight is 380 g/mol. The van der Waals surface area contributed by atoms with Crippen LogP contribution in [-0.2, 0) is 0 Å². The number of pyridine rings is 1. The number of amides is 1. The summed E-state index contributed by atoms with van der Waals surface area (Å²) >= 11 is 0. The van der Waals surface area contributed by atoms with E-state index in [0.29, 0.717) is 11.6 Å². The number of aromatic nitrogens is 1. The SMILES string of the molecule is Cc1ccccc1N1CCN(C2CCCN(C(=O)c3ccc(=O)[nH]c3)C2)CC1. The molecule has 0 saturated carbocycles. The molecule has 148 valence electrons. The quantitative estimate of drug-likeness (QED) is 0.886. The van der Waals surface area contributed by atoms with E-state index >= 15 is 0 Å². The van der Waals surface area contributed by atoms with E-state index in [1.54, 1.807) is 6.07 Å². The zero-order chi connectivity index (χ0) is 19.5. The summed E-state index contributed by atoms with van der Waals surface area (Å²) < 4.78 is 0. The number of hydrogen-bond donors (Lipinski definition) is 1. The van der Waals surface area contributed by atoms with Gasteiger partial charge in [-0.25, -0.2) is 0 Å². The number of H-pyrrole nitrogens is 1. The number of nitrogens with one attached hydrogen (secondary N) is 1. The van der Waals surface area contributed by atoms with Gasteiger partial charge in [0.2, 0.25) is 5.56 Å². The predicted molar refractivity (Wildman–Crippen MR) is 111 cm³/mol. The predicted octanol–water partition coefficient (Wildman–Crippen LogP) is 2.11. The number of hydrogen-bond acceptors (Lipinski definition) is 4. The first-order valence-corrected chi connectivity index (χ1v) is 10.1. The third-order valence-electron chi connectivity index (χ3n) is 6.00. The smallest absolute Gasteiger partial charge is 0.255 e. The molecule has 1 N–H and O–H groups in total. The van der Waals surface area contributed by atoms with Gasteiger partial charge in [-0.15, -0.1) is 0 Å². The second-order valence-corrected chi connectivity index (χ2v) is 7.80. The second kappa shape index (κ2) is 8.19. The highest BCUT2D eigenvalue weighted by molar-refractivity contribution is 5.93. The van der Waals surface area contributed by atoms with Gasteiger partial charge in [0.1, 0.15) is 0 Å². The number of anilines is 1. The normalized spacial score (nSPS) is 21.0. The molecule has 1 unspecified atom stereocenters. The molecule has 0 radical (unpaired) electrons. The molecule has 2 saturated heterocycles. The van der Waals surface area contributed by atoms with E-state index in [1.807, 2.05) is 4.90 Å². The van der Waals surface area contributed by atoms with Crippen molar-refractivity contribution in [2.75, 3.05) is 44.2 Å². The van der Waals surface area contributed by atoms with Crippen molar-refractivity contribution >= 4 is 11.6 Å². The molecule has 0 spiro atoms. The third-order valence-corrected chi connectivity index (χ3v) is 6.00. The number of para-hydroxylation sites is 1. The van der Waals surface area contributed by atoms with Crippen molar-refractivity contribution < 1.29 is 4.79 Å². The lowest BCUT2D eigenvalue weighted by Gasteiger charge is -2.44. The Bertz CT molecular complexity index is 866. The third kappa shape index (κ3) is 3.97. The number of rotatable bonds is 3. The van der Waals surface area contributed by atoms with Crippen LogP contribution >= 0.6 is 0 Å². The lowest BCUT2D eigenvalue weighted by Crippen LogP contribution is -2.56. The van der Waals surface area contributed by atoms with E-state index in [9.17, 15) is 9.59 Å². The maximum Gasteiger partial charge on any atom is 0.255 e. The Labute approximate surface area is 165 Å². The number of piperidine rings is 1. The van der Waals surface area contributed by atoms with Gasteiger partial charge < -0.3 is 14.8 Å². The largest absolute Gasteiger partial charge is 0.369 e. The Morgan fingerprint density at radius 1 is 1.04 bits per heavy atom. The summed E-state index contributed by atoms with van der Waals surface area (Å²) in [5, 5.41) is 0. The number of benzene rings is 1. The van der Waals surface area contributed by atoms with Gasteiger partial charge in [0.25, 0.3) is 5.91 Å². The summed E-state index contributed by atoms with van der Waals surface area (Å²) in [7, 11) is 0. The molecule has 1 amide bonds. The van der Waals surface area contributed by atoms with E-state index in [2.05, 4.69) is 46.0 Å². The Hall–Kier alpha value is -2.60. The van der Waals surface area contributed by atoms with Gasteiger partial charge in [-0.3, -0.25) is 14.5 Å². The molecule has 1 aromatic carbocycles. The lowest BCUT2D eigenvalue weighted by molar-refractivity contribution is 0.0563. The Balaban J connectivity index is 1.36. The molecule has 0 aliphatic carbocycles. The fourth-order valence-corrected chi connectivity index (χ4v) is 4.41. The maximum atomic E-state index is 12.8. The summed E-state index contributed by atoms with van der Waals surface area (Å²) in [6.07, 6.45) is 3.69. The second-order valence-electron chi connectivity index (χ2n) is 7.80. The minimum absolute atomic E-state index is 0.0134. The molecule has 2 fully saturated rings. The van der Waals surface area contributed by atoms with Crippen molar-refractivity contribution in [2.45, 2.75) is 25.8 Å². The van der Waals surface area contributed by atoms with Gasteiger partial charge in [-0.2, -0.15) is 0 Å². The number of piperazine rings is 1. The molecular formula is C22H28N4O2. The lowest BCUT2D eigenvalue weighted by atomic mass is 10.0. The maximum absolute atomic E-state index is 12.8. The van der Waals surface area contributed by atoms with Crippen molar-refractivity contribution in [3.05, 3.63) is 64.1 Å². The molecule has 6 heteroatoms. The summed E-state index contributed by atoms with van der Waals surface area (Å²) in [5.41, 5.74) is 3.04. The van der Waals surface area contributed by atoms with E-state index in [0.717, 1.165) is 52.1 Å². The Morgan fingerprint density at radius 3 is 2.54 bits per heavy atom. The van der Waals surface area contributed by atoms with Gasteiger partial charge in [-0.05, 0) is 37.5 Å². The van der Waals surface area contributed by atoms with Crippen molar-refractivity contribution in [3.63, 3.8) is 0 Å². The Kier molecular flexibility index (Phi) is 5.48. The van der Waals surface area contributed by atoms with Crippen LogP contribution in [0.15, 0.2) is 47.4 Å². The van der Waals surface area contributed by atoms with Crippen LogP contribution in [0.4, 0.5) is 5.69 Å². The van der Waals surface area contributed by atoms with E-state index in [1.165, 1.54) is 23.5 Å². The summed E-state index contributed by atoms with van der Waals surface area (Å²) in [5.74, 6) is 0.0134. The Morgan fingerprint density at radius 2 is 1.82 bits per heavy atom. The van der Waals surface area contributed by atoms with E-state index < -0.39 is 0 Å². The van der Waals surface area contributed by atoms with Crippen LogP contribution in [0.25, 0.3) is 0 Å². The highest BCUT2D eigenvalue weighted by atomic mass is 16.2. The number of nitrogens with zero attached hydrogens (tertiary/aromatic N) is 3. The molecule has 1 aromatic heterocycles. The topological polar surface area (TPSA) is 59.6 Å². The average Bonchev–Trinajstić information content (AvgIpc) is 2.74. The van der Waals surface area contributed by atoms with Gasteiger partial charge in [0.05, 0.1) is 5.56 Å². The highest BCUT2D eigenvalue weighted by Gasteiger charge is 2.30. The molecular weight excluding hydrogens is 352 g/mol. The molecule has 6 nitrogen and oxygen atoms in total. The zero-order valence-corrected chi connectivity index (χ0v) is 16.4. The van der Waals surface area contributed by atoms with Crippen LogP contribution in [-0.4, -0.2) is 66.0 Å². The van der Waals surface area contributed by atoms with E-state index in [4.69, 9.17) is 0 Å². The van der Waals surface area contributed by atoms with Gasteiger partial charge in [0, 0.05) is 63.3 Å². The van der Waals surface area contributed by atoms with Gasteiger partial charge >= 0.3 is 0 Å². The monoisotopic (exact) mass is 380 g/mol. The highest BCUT2D eigenvalue weighted by Crippen LogP contribution is 2.24. The number of aryl methyl sites for hydroxylation is 1. The van der Waals surface area contributed by atoms with Crippen LogP contribution in [0.3, 0.4) is 0 Å². The molecule has 0 bridgehead atoms. The van der Waals surface area contributed by atoms with Crippen molar-refractivity contribution in [3.8, 4) is 0 Å². The van der Waals surface area contributed by atoms with Crippen molar-refractivity contribution in [1.82, 2.24) is 14.8 Å². The van der Waals surface area contributed by atoms with Crippen LogP contribution in [0.1, 0.15) is 28.8 Å². The zero-order valence-electron chi connectivity index (χ0n) is 16.4. The number of carbonyl (C=O) groups excluding carboxylic acids is 1. The fourth-order valence-electron chi connectivity index (χ4n) is 4.41. The molecule has 28 heavy (non-hydrogen) atoms. The van der Waals surface area contributed by atoms with Gasteiger partial charge in [-0.1, -0.05) is 18.2 Å². The standard InChI is InChI=1S/C22H28N4O2/c1-17-5-2-3-7-20(17)25-13-11-24(12-14-25)19-6-4-10-26(16-19)22(28)18-8-9-21(27)23-15-18/h2-3,5,7-9,15,19H,4,6,10-14,16H2,1H3,(H,23,27). The van der Waals surface area contributed by atoms with Crippen LogP contribution in [0.5, 0.6) is 0 Å². The summed E-state index contributed by atoms with van der Waals surface area (Å²) in [6, 6.07) is 12.0. The summed E-state index contributed by atoms with van der Waals surface area (Å²) in [6.45, 7) is 7.83. The molecule has 2 aromatic rings. The molecule has 3 heterocycles. The van der Waals surface area contributed by atoms with Crippen LogP contribution < -0.4 is 10.5 Å². The number of aromatic amines is 1. The number of carbonyl (C=O) groups is 1. The van der Waals surface area contributed by atoms with Gasteiger partial charge in [0.15, 0.2) is 0 Å². The number of likely N-dealkylation sites (tertiary alicyclic amines) is 1. The molecule has 2 aliphatic heterocycles. The minimum atomic E-state index is -0.181. The first kappa shape index (κ1) is 18.7. The molecule has 4 rings (SSSR count). The van der Waals surface area contributed by atoms with Crippen LogP contribution in [0.2, 0.25) is 0 Å². The first-order chi connectivity index (χ1) is 13.6. The van der Waals surface area contributed by atoms with Crippen molar-refractivity contribution in [1.29, 1.82) is 0 Å². The van der Waals surface area contributed by atoms with E-state index in [-0.39, 0.29) is 11.5 Å². The van der Waals surface area contributed by atoms with Crippen LogP contribution in [0, 0.1) is 6.92 Å². The van der Waals surface area contributed by atoms with Crippen molar-refractivity contribution in [2.24, 2.45) is 0 Å².